The normalized spacial score (nSPS) is 12.1. The number of nitrogens with one attached hydrogen (secondary N) is 2. The van der Waals surface area contributed by atoms with Gasteiger partial charge < -0.3 is 20.3 Å². The average molecular weight is 519 g/mol. The van der Waals surface area contributed by atoms with Crippen molar-refractivity contribution in [3.8, 4) is 0 Å². The SMILES string of the molecule is CN=C(NCc1nccn1CCc1ccccc1)NCC(CO)c1ccccc1.I. The summed E-state index contributed by atoms with van der Waals surface area (Å²) in [6.07, 6.45) is 4.80. The van der Waals surface area contributed by atoms with E-state index in [0.29, 0.717) is 19.0 Å². The van der Waals surface area contributed by atoms with Crippen molar-refractivity contribution in [3.63, 3.8) is 0 Å². The Morgan fingerprint density at radius 3 is 2.43 bits per heavy atom. The van der Waals surface area contributed by atoms with Gasteiger partial charge in [0, 0.05) is 38.4 Å². The van der Waals surface area contributed by atoms with E-state index in [9.17, 15) is 5.11 Å². The zero-order valence-electron chi connectivity index (χ0n) is 17.2. The van der Waals surface area contributed by atoms with Crippen LogP contribution >= 0.6 is 24.0 Å². The van der Waals surface area contributed by atoms with Gasteiger partial charge in [0.25, 0.3) is 0 Å². The molecule has 3 rings (SSSR count). The van der Waals surface area contributed by atoms with Gasteiger partial charge in [-0.1, -0.05) is 60.7 Å². The number of rotatable bonds is 9. The van der Waals surface area contributed by atoms with Crippen molar-refractivity contribution < 1.29 is 5.11 Å². The monoisotopic (exact) mass is 519 g/mol. The number of hydrogen-bond acceptors (Lipinski definition) is 3. The highest BCUT2D eigenvalue weighted by Gasteiger charge is 2.11. The molecule has 3 aromatic rings. The molecule has 1 unspecified atom stereocenters. The van der Waals surface area contributed by atoms with Crippen molar-refractivity contribution in [3.05, 3.63) is 90.0 Å². The number of halogens is 1. The largest absolute Gasteiger partial charge is 0.396 e. The number of imidazole rings is 1. The summed E-state index contributed by atoms with van der Waals surface area (Å²) in [6, 6.07) is 20.5. The van der Waals surface area contributed by atoms with Crippen molar-refractivity contribution in [1.29, 1.82) is 0 Å². The second-order valence-electron chi connectivity index (χ2n) is 6.87. The topological polar surface area (TPSA) is 74.5 Å². The van der Waals surface area contributed by atoms with E-state index in [4.69, 9.17) is 0 Å². The van der Waals surface area contributed by atoms with Gasteiger partial charge in [0.1, 0.15) is 5.82 Å². The molecular formula is C23H30IN5O. The second-order valence-corrected chi connectivity index (χ2v) is 6.87. The summed E-state index contributed by atoms with van der Waals surface area (Å²) in [4.78, 5) is 8.76. The number of aliphatic hydroxyl groups excluding tert-OH is 1. The molecule has 0 saturated heterocycles. The van der Waals surface area contributed by atoms with Gasteiger partial charge in [0.2, 0.25) is 0 Å². The summed E-state index contributed by atoms with van der Waals surface area (Å²) in [7, 11) is 1.74. The Labute approximate surface area is 195 Å². The van der Waals surface area contributed by atoms with Gasteiger partial charge in [0.05, 0.1) is 13.2 Å². The van der Waals surface area contributed by atoms with Gasteiger partial charge in [-0.15, -0.1) is 24.0 Å². The van der Waals surface area contributed by atoms with E-state index in [1.807, 2.05) is 48.8 Å². The summed E-state index contributed by atoms with van der Waals surface area (Å²) >= 11 is 0. The zero-order chi connectivity index (χ0) is 20.3. The van der Waals surface area contributed by atoms with Gasteiger partial charge in [-0.05, 0) is 17.5 Å². The molecule has 7 heteroatoms. The predicted molar refractivity (Wildman–Crippen MR) is 132 cm³/mol. The van der Waals surface area contributed by atoms with Crippen molar-refractivity contribution in [2.24, 2.45) is 4.99 Å². The number of aliphatic imine (C=N–C) groups is 1. The third kappa shape index (κ3) is 7.14. The molecule has 3 N–H and O–H groups in total. The lowest BCUT2D eigenvalue weighted by atomic mass is 10.0. The van der Waals surface area contributed by atoms with E-state index >= 15 is 0 Å². The van der Waals surface area contributed by atoms with Gasteiger partial charge in [-0.2, -0.15) is 0 Å². The molecule has 160 valence electrons. The first kappa shape index (κ1) is 23.9. The molecule has 0 aliphatic carbocycles. The van der Waals surface area contributed by atoms with E-state index in [1.165, 1.54) is 5.56 Å². The maximum atomic E-state index is 9.72. The quantitative estimate of drug-likeness (QED) is 0.231. The minimum atomic E-state index is 0. The second kappa shape index (κ2) is 13.0. The standard InChI is InChI=1S/C23H29N5O.HI/c1-24-23(26-16-21(18-29)20-10-6-3-7-11-20)27-17-22-25-13-15-28(22)14-12-19-8-4-2-5-9-19;/h2-11,13,15,21,29H,12,14,16-18H2,1H3,(H2,24,26,27);1H. The van der Waals surface area contributed by atoms with Crippen LogP contribution in [-0.4, -0.2) is 40.8 Å². The molecule has 0 bridgehead atoms. The van der Waals surface area contributed by atoms with Crippen LogP contribution in [0.5, 0.6) is 0 Å². The van der Waals surface area contributed by atoms with Gasteiger partial charge in [-0.25, -0.2) is 4.98 Å². The van der Waals surface area contributed by atoms with Crippen LogP contribution in [0.2, 0.25) is 0 Å². The molecule has 0 amide bonds. The molecule has 6 nitrogen and oxygen atoms in total. The molecule has 1 atom stereocenters. The minimum Gasteiger partial charge on any atom is -0.396 e. The Morgan fingerprint density at radius 2 is 1.77 bits per heavy atom. The molecular weight excluding hydrogens is 489 g/mol. The Morgan fingerprint density at radius 1 is 1.07 bits per heavy atom. The first-order chi connectivity index (χ1) is 14.3. The lowest BCUT2D eigenvalue weighted by molar-refractivity contribution is 0.265. The van der Waals surface area contributed by atoms with Gasteiger partial charge in [-0.3, -0.25) is 4.99 Å². The maximum Gasteiger partial charge on any atom is 0.191 e. The zero-order valence-corrected chi connectivity index (χ0v) is 19.6. The van der Waals surface area contributed by atoms with Crippen LogP contribution in [0.3, 0.4) is 0 Å². The molecule has 0 spiro atoms. The molecule has 1 heterocycles. The smallest absolute Gasteiger partial charge is 0.191 e. The molecule has 0 saturated carbocycles. The summed E-state index contributed by atoms with van der Waals surface area (Å²) in [5.41, 5.74) is 2.42. The lowest BCUT2D eigenvalue weighted by Gasteiger charge is -2.18. The van der Waals surface area contributed by atoms with Crippen molar-refractivity contribution in [2.75, 3.05) is 20.2 Å². The summed E-state index contributed by atoms with van der Waals surface area (Å²) in [5, 5.41) is 16.3. The number of hydrogen-bond donors (Lipinski definition) is 3. The lowest BCUT2D eigenvalue weighted by Crippen LogP contribution is -2.40. The van der Waals surface area contributed by atoms with Crippen LogP contribution in [0, 0.1) is 0 Å². The number of benzene rings is 2. The van der Waals surface area contributed by atoms with Crippen LogP contribution in [0.4, 0.5) is 0 Å². The van der Waals surface area contributed by atoms with E-state index in [2.05, 4.69) is 49.4 Å². The van der Waals surface area contributed by atoms with Crippen molar-refractivity contribution in [2.45, 2.75) is 25.4 Å². The fourth-order valence-corrected chi connectivity index (χ4v) is 3.22. The van der Waals surface area contributed by atoms with E-state index in [0.717, 1.165) is 24.4 Å². The van der Waals surface area contributed by atoms with Crippen LogP contribution < -0.4 is 10.6 Å². The summed E-state index contributed by atoms with van der Waals surface area (Å²) in [5.74, 6) is 1.67. The molecule has 0 radical (unpaired) electrons. The minimum absolute atomic E-state index is 0. The van der Waals surface area contributed by atoms with Crippen LogP contribution in [-0.2, 0) is 19.5 Å². The molecule has 30 heavy (non-hydrogen) atoms. The highest BCUT2D eigenvalue weighted by molar-refractivity contribution is 14.0. The molecule has 0 fully saturated rings. The van der Waals surface area contributed by atoms with Crippen molar-refractivity contribution in [1.82, 2.24) is 20.2 Å². The molecule has 1 aromatic heterocycles. The Bertz CT molecular complexity index is 883. The predicted octanol–water partition coefficient (Wildman–Crippen LogP) is 3.18. The molecule has 0 aliphatic rings. The van der Waals surface area contributed by atoms with Crippen LogP contribution in [0.25, 0.3) is 0 Å². The number of nitrogens with zero attached hydrogens (tertiary/aromatic N) is 3. The summed E-state index contributed by atoms with van der Waals surface area (Å²) in [6.45, 7) is 2.14. The summed E-state index contributed by atoms with van der Waals surface area (Å²) < 4.78 is 2.16. The maximum absolute atomic E-state index is 9.72. The van der Waals surface area contributed by atoms with Crippen molar-refractivity contribution >= 4 is 29.9 Å². The Hall–Kier alpha value is -2.39. The number of guanidine groups is 1. The fraction of sp³-hybridized carbons (Fsp3) is 0.304. The fourth-order valence-electron chi connectivity index (χ4n) is 3.22. The number of aromatic nitrogens is 2. The van der Waals surface area contributed by atoms with Gasteiger partial charge in [0.15, 0.2) is 5.96 Å². The van der Waals surface area contributed by atoms with E-state index in [-0.39, 0.29) is 36.5 Å². The van der Waals surface area contributed by atoms with Gasteiger partial charge >= 0.3 is 0 Å². The third-order valence-corrected chi connectivity index (χ3v) is 4.93. The highest BCUT2D eigenvalue weighted by atomic mass is 127. The Balaban J connectivity index is 0.00000320. The average Bonchev–Trinajstić information content (AvgIpc) is 3.23. The first-order valence-corrected chi connectivity index (χ1v) is 9.94. The highest BCUT2D eigenvalue weighted by Crippen LogP contribution is 2.13. The number of aryl methyl sites for hydroxylation is 2. The third-order valence-electron chi connectivity index (χ3n) is 4.93. The van der Waals surface area contributed by atoms with Crippen LogP contribution in [0.15, 0.2) is 78.0 Å². The molecule has 0 aliphatic heterocycles. The first-order valence-electron chi connectivity index (χ1n) is 9.94. The van der Waals surface area contributed by atoms with Crippen LogP contribution in [0.1, 0.15) is 22.9 Å². The van der Waals surface area contributed by atoms with E-state index in [1.54, 1.807) is 7.05 Å². The Kier molecular flexibility index (Phi) is 10.4. The van der Waals surface area contributed by atoms with E-state index < -0.39 is 0 Å². The number of aliphatic hydroxyl groups is 1. The molecule has 2 aromatic carbocycles.